The van der Waals surface area contributed by atoms with Crippen molar-refractivity contribution in [3.63, 3.8) is 0 Å². The zero-order valence-electron chi connectivity index (χ0n) is 10.2. The van der Waals surface area contributed by atoms with Crippen LogP contribution in [0.1, 0.15) is 22.3 Å². The summed E-state index contributed by atoms with van der Waals surface area (Å²) in [7, 11) is 1.45. The first-order valence-corrected chi connectivity index (χ1v) is 5.57. The number of Topliss-reactive ketones (excluding diaryl/α,β-unsaturated/α-hetero) is 1. The summed E-state index contributed by atoms with van der Waals surface area (Å²) >= 11 is 0. The molecule has 1 aromatic carbocycles. The molecule has 0 fully saturated rings. The molecule has 2 rings (SSSR count). The Bertz CT molecular complexity index is 560. The number of hydrogen-bond acceptors (Lipinski definition) is 4. The molecule has 0 radical (unpaired) electrons. The molecular formula is C13H12O6. The number of ketones is 1. The van der Waals surface area contributed by atoms with Crippen molar-refractivity contribution >= 4 is 17.7 Å². The van der Waals surface area contributed by atoms with Crippen LogP contribution in [0.5, 0.6) is 5.75 Å². The van der Waals surface area contributed by atoms with Gasteiger partial charge in [-0.2, -0.15) is 0 Å². The lowest BCUT2D eigenvalue weighted by atomic mass is 9.71. The lowest BCUT2D eigenvalue weighted by Gasteiger charge is -2.29. The second kappa shape index (κ2) is 4.38. The summed E-state index contributed by atoms with van der Waals surface area (Å²) in [6, 6.07) is 4.61. The predicted molar refractivity (Wildman–Crippen MR) is 63.4 cm³/mol. The van der Waals surface area contributed by atoms with Crippen LogP contribution in [0.4, 0.5) is 0 Å². The number of methoxy groups -OCH3 is 1. The number of carbonyl (C=O) groups is 3. The quantitative estimate of drug-likeness (QED) is 0.789. The molecule has 0 bridgehead atoms. The molecule has 6 nitrogen and oxygen atoms in total. The fourth-order valence-electron chi connectivity index (χ4n) is 2.25. The average Bonchev–Trinajstić information content (AvgIpc) is 2.37. The number of carbonyl (C=O) groups excluding carboxylic acids is 1. The summed E-state index contributed by atoms with van der Waals surface area (Å²) in [4.78, 5) is 34.5. The molecule has 0 spiro atoms. The Balaban J connectivity index is 2.53. The van der Waals surface area contributed by atoms with Crippen LogP contribution in [0, 0.1) is 5.41 Å². The Morgan fingerprint density at radius 1 is 1.21 bits per heavy atom. The van der Waals surface area contributed by atoms with Crippen LogP contribution >= 0.6 is 0 Å². The van der Waals surface area contributed by atoms with Crippen LogP contribution in [0.3, 0.4) is 0 Å². The van der Waals surface area contributed by atoms with E-state index >= 15 is 0 Å². The van der Waals surface area contributed by atoms with Crippen molar-refractivity contribution in [3.05, 3.63) is 29.3 Å². The molecule has 0 saturated carbocycles. The van der Waals surface area contributed by atoms with Crippen LogP contribution in [0.15, 0.2) is 18.2 Å². The number of benzene rings is 1. The minimum atomic E-state index is -2.07. The molecule has 0 heterocycles. The van der Waals surface area contributed by atoms with Crippen molar-refractivity contribution < 1.29 is 29.3 Å². The fourth-order valence-corrected chi connectivity index (χ4v) is 2.25. The van der Waals surface area contributed by atoms with E-state index in [4.69, 9.17) is 14.9 Å². The number of rotatable bonds is 3. The molecule has 6 heteroatoms. The molecule has 0 aromatic heterocycles. The largest absolute Gasteiger partial charge is 0.497 e. The summed E-state index contributed by atoms with van der Waals surface area (Å²) in [5, 5.41) is 18.3. The van der Waals surface area contributed by atoms with Gasteiger partial charge in [-0.25, -0.2) is 0 Å². The van der Waals surface area contributed by atoms with Gasteiger partial charge < -0.3 is 14.9 Å². The van der Waals surface area contributed by atoms with Gasteiger partial charge in [0.2, 0.25) is 0 Å². The summed E-state index contributed by atoms with van der Waals surface area (Å²) in [5.41, 5.74) is -1.32. The first kappa shape index (κ1) is 13.1. The van der Waals surface area contributed by atoms with E-state index in [-0.39, 0.29) is 6.42 Å². The van der Waals surface area contributed by atoms with Crippen molar-refractivity contribution in [2.75, 3.05) is 7.11 Å². The van der Waals surface area contributed by atoms with Crippen LogP contribution < -0.4 is 4.74 Å². The van der Waals surface area contributed by atoms with Gasteiger partial charge in [0.05, 0.1) is 7.11 Å². The van der Waals surface area contributed by atoms with Gasteiger partial charge in [-0.3, -0.25) is 14.4 Å². The Hall–Kier alpha value is -2.37. The van der Waals surface area contributed by atoms with Crippen LogP contribution in [-0.4, -0.2) is 35.0 Å². The van der Waals surface area contributed by atoms with Crippen molar-refractivity contribution in [2.45, 2.75) is 12.8 Å². The number of fused-ring (bicyclic) bond motifs is 1. The van der Waals surface area contributed by atoms with Gasteiger partial charge in [0.15, 0.2) is 11.2 Å². The van der Waals surface area contributed by atoms with Crippen LogP contribution in [0.2, 0.25) is 0 Å². The van der Waals surface area contributed by atoms with Crippen LogP contribution in [0.25, 0.3) is 0 Å². The van der Waals surface area contributed by atoms with Gasteiger partial charge in [0.25, 0.3) is 0 Å². The second-order valence-corrected chi connectivity index (χ2v) is 4.49. The molecule has 0 amide bonds. The Labute approximate surface area is 108 Å². The SMILES string of the molecule is COc1ccc2c(c1)C(=O)CC(C(=O)O)(C(=O)O)C2. The van der Waals surface area contributed by atoms with E-state index in [1.165, 1.54) is 19.2 Å². The van der Waals surface area contributed by atoms with E-state index in [1.54, 1.807) is 6.07 Å². The van der Waals surface area contributed by atoms with Crippen molar-refractivity contribution in [1.82, 2.24) is 0 Å². The molecule has 1 aromatic rings. The lowest BCUT2D eigenvalue weighted by molar-refractivity contribution is -0.164. The van der Waals surface area contributed by atoms with Gasteiger partial charge in [-0.05, 0) is 17.7 Å². The molecule has 0 unspecified atom stereocenters. The highest BCUT2D eigenvalue weighted by Crippen LogP contribution is 2.37. The molecule has 1 aliphatic carbocycles. The van der Waals surface area contributed by atoms with E-state index < -0.39 is 29.6 Å². The molecule has 0 atom stereocenters. The predicted octanol–water partition coefficient (Wildman–Crippen LogP) is 0.980. The maximum absolute atomic E-state index is 12.0. The van der Waals surface area contributed by atoms with E-state index in [1.807, 2.05) is 0 Å². The first-order chi connectivity index (χ1) is 8.90. The Kier molecular flexibility index (Phi) is 3.01. The molecule has 0 aliphatic heterocycles. The maximum atomic E-state index is 12.0. The summed E-state index contributed by atoms with van der Waals surface area (Å²) < 4.78 is 4.99. The van der Waals surface area contributed by atoms with Crippen molar-refractivity contribution in [2.24, 2.45) is 5.41 Å². The zero-order valence-corrected chi connectivity index (χ0v) is 10.2. The lowest BCUT2D eigenvalue weighted by Crippen LogP contribution is -2.45. The molecule has 1 aliphatic rings. The van der Waals surface area contributed by atoms with Crippen molar-refractivity contribution in [1.29, 1.82) is 0 Å². The molecular weight excluding hydrogens is 252 g/mol. The smallest absolute Gasteiger partial charge is 0.321 e. The molecule has 0 saturated heterocycles. The van der Waals surface area contributed by atoms with Crippen molar-refractivity contribution in [3.8, 4) is 5.75 Å². The first-order valence-electron chi connectivity index (χ1n) is 5.57. The highest BCUT2D eigenvalue weighted by atomic mass is 16.5. The van der Waals surface area contributed by atoms with E-state index in [9.17, 15) is 14.4 Å². The monoisotopic (exact) mass is 264 g/mol. The Morgan fingerprint density at radius 3 is 2.37 bits per heavy atom. The summed E-state index contributed by atoms with van der Waals surface area (Å²) in [5.74, 6) is -3.00. The number of hydrogen-bond donors (Lipinski definition) is 2. The highest BCUT2D eigenvalue weighted by molar-refractivity contribution is 6.09. The average molecular weight is 264 g/mol. The normalized spacial score (nSPS) is 16.6. The van der Waals surface area contributed by atoms with Gasteiger partial charge in [0, 0.05) is 18.4 Å². The van der Waals surface area contributed by atoms with E-state index in [0.717, 1.165) is 0 Å². The molecule has 19 heavy (non-hydrogen) atoms. The fraction of sp³-hybridized carbons (Fsp3) is 0.308. The van der Waals surface area contributed by atoms with E-state index in [0.29, 0.717) is 16.9 Å². The second-order valence-electron chi connectivity index (χ2n) is 4.49. The van der Waals surface area contributed by atoms with Gasteiger partial charge >= 0.3 is 11.9 Å². The summed E-state index contributed by atoms with van der Waals surface area (Å²) in [6.45, 7) is 0. The minimum Gasteiger partial charge on any atom is -0.497 e. The molecule has 100 valence electrons. The van der Waals surface area contributed by atoms with Gasteiger partial charge in [-0.1, -0.05) is 6.07 Å². The number of aliphatic carboxylic acids is 2. The molecule has 2 N–H and O–H groups in total. The number of ether oxygens (including phenoxy) is 1. The third-order valence-electron chi connectivity index (χ3n) is 3.39. The maximum Gasteiger partial charge on any atom is 0.321 e. The highest BCUT2D eigenvalue weighted by Gasteiger charge is 2.51. The van der Waals surface area contributed by atoms with Gasteiger partial charge in [0.1, 0.15) is 5.75 Å². The topological polar surface area (TPSA) is 101 Å². The van der Waals surface area contributed by atoms with E-state index in [2.05, 4.69) is 0 Å². The Morgan fingerprint density at radius 2 is 1.84 bits per heavy atom. The zero-order chi connectivity index (χ0) is 14.2. The standard InChI is InChI=1S/C13H12O6/c1-19-8-3-2-7-5-13(11(15)16,12(17)18)6-10(14)9(7)4-8/h2-4H,5-6H2,1H3,(H,15,16)(H,17,18). The number of carboxylic acids is 2. The van der Waals surface area contributed by atoms with Crippen LogP contribution in [-0.2, 0) is 16.0 Å². The summed E-state index contributed by atoms with van der Waals surface area (Å²) in [6.07, 6.45) is -0.749. The third-order valence-corrected chi connectivity index (χ3v) is 3.39. The number of carboxylic acid groups (broad SMARTS) is 2. The minimum absolute atomic E-state index is 0.206. The third kappa shape index (κ3) is 1.95. The van der Waals surface area contributed by atoms with Gasteiger partial charge in [-0.15, -0.1) is 0 Å².